The Bertz CT molecular complexity index is 886. The highest BCUT2D eigenvalue weighted by Crippen LogP contribution is 2.25. The number of halogens is 1. The molecule has 0 saturated heterocycles. The highest BCUT2D eigenvalue weighted by atomic mass is 32.2. The van der Waals surface area contributed by atoms with Gasteiger partial charge < -0.3 is 0 Å². The van der Waals surface area contributed by atoms with Crippen molar-refractivity contribution in [1.29, 1.82) is 0 Å². The van der Waals surface area contributed by atoms with Gasteiger partial charge in [0.05, 0.1) is 11.1 Å². The van der Waals surface area contributed by atoms with Crippen LogP contribution in [0.3, 0.4) is 0 Å². The van der Waals surface area contributed by atoms with Crippen LogP contribution in [-0.2, 0) is 9.84 Å². The minimum Gasteiger partial charge on any atom is -0.224 e. The van der Waals surface area contributed by atoms with E-state index in [1.165, 1.54) is 35.2 Å². The van der Waals surface area contributed by atoms with Crippen LogP contribution in [0.15, 0.2) is 47.8 Å². The quantitative estimate of drug-likeness (QED) is 0.724. The summed E-state index contributed by atoms with van der Waals surface area (Å²) in [6.45, 7) is 0. The number of sulfone groups is 1. The lowest BCUT2D eigenvalue weighted by Gasteiger charge is -2.05. The van der Waals surface area contributed by atoms with Crippen molar-refractivity contribution in [3.05, 3.63) is 48.7 Å². The van der Waals surface area contributed by atoms with Crippen LogP contribution in [0, 0.1) is 5.82 Å². The molecule has 0 bridgehead atoms. The van der Waals surface area contributed by atoms with Gasteiger partial charge in [-0.25, -0.2) is 22.3 Å². The summed E-state index contributed by atoms with van der Waals surface area (Å²) in [6.07, 6.45) is 3.71. The van der Waals surface area contributed by atoms with Crippen molar-refractivity contribution in [3.63, 3.8) is 0 Å². The normalized spacial score (nSPS) is 11.9. The Morgan fingerprint density at radius 3 is 2.55 bits per heavy atom. The van der Waals surface area contributed by atoms with Gasteiger partial charge in [0.15, 0.2) is 15.5 Å². The molecule has 102 valence electrons. The van der Waals surface area contributed by atoms with Crippen molar-refractivity contribution < 1.29 is 12.8 Å². The molecule has 0 aliphatic rings. The molecule has 1 aromatic carbocycles. The van der Waals surface area contributed by atoms with Crippen LogP contribution in [0.5, 0.6) is 0 Å². The van der Waals surface area contributed by atoms with Gasteiger partial charge in [-0.2, -0.15) is 5.10 Å². The monoisotopic (exact) mass is 291 g/mol. The van der Waals surface area contributed by atoms with Gasteiger partial charge in [-0.3, -0.25) is 0 Å². The Morgan fingerprint density at radius 2 is 1.90 bits per heavy atom. The summed E-state index contributed by atoms with van der Waals surface area (Å²) in [5.74, 6) is -0.440. The summed E-state index contributed by atoms with van der Waals surface area (Å²) in [7, 11) is -3.25. The molecule has 0 saturated carbocycles. The van der Waals surface area contributed by atoms with Crippen LogP contribution in [0.2, 0.25) is 0 Å². The average molecular weight is 291 g/mol. The number of nitrogens with zero attached hydrogens (tertiary/aromatic N) is 3. The lowest BCUT2D eigenvalue weighted by Crippen LogP contribution is -1.97. The lowest BCUT2D eigenvalue weighted by molar-refractivity contribution is 0.602. The summed E-state index contributed by atoms with van der Waals surface area (Å²) in [6, 6.07) is 7.57. The van der Waals surface area contributed by atoms with Gasteiger partial charge in [-0.05, 0) is 23.8 Å². The number of aromatic nitrogens is 3. The topological polar surface area (TPSA) is 64.3 Å². The zero-order valence-corrected chi connectivity index (χ0v) is 11.3. The fourth-order valence-electron chi connectivity index (χ4n) is 1.99. The van der Waals surface area contributed by atoms with Crippen LogP contribution in [-0.4, -0.2) is 29.3 Å². The van der Waals surface area contributed by atoms with Gasteiger partial charge in [0.25, 0.3) is 0 Å². The van der Waals surface area contributed by atoms with Crippen LogP contribution < -0.4 is 0 Å². The maximum Gasteiger partial charge on any atom is 0.175 e. The average Bonchev–Trinajstić information content (AvgIpc) is 2.85. The molecule has 0 aliphatic heterocycles. The molecule has 2 aromatic heterocycles. The standard InChI is InChI=1S/C13H10FN3O2S/c1-20(18,19)11-4-2-9(3-5-11)12-6-10(14)7-17-13(12)15-8-16-17/h2-8H,1H3. The molecule has 2 heterocycles. The van der Waals surface area contributed by atoms with Crippen molar-refractivity contribution in [1.82, 2.24) is 14.6 Å². The van der Waals surface area contributed by atoms with Crippen molar-refractivity contribution in [2.45, 2.75) is 4.90 Å². The van der Waals surface area contributed by atoms with Crippen LogP contribution in [0.1, 0.15) is 0 Å². The molecule has 0 atom stereocenters. The van der Waals surface area contributed by atoms with E-state index in [0.717, 1.165) is 6.26 Å². The Hall–Kier alpha value is -2.28. The maximum atomic E-state index is 13.5. The zero-order chi connectivity index (χ0) is 14.3. The van der Waals surface area contributed by atoms with Crippen LogP contribution in [0.25, 0.3) is 16.8 Å². The fraction of sp³-hybridized carbons (Fsp3) is 0.0769. The molecule has 5 nitrogen and oxygen atoms in total. The van der Waals surface area contributed by atoms with E-state index in [0.29, 0.717) is 16.8 Å². The van der Waals surface area contributed by atoms with Crippen LogP contribution in [0.4, 0.5) is 4.39 Å². The minimum absolute atomic E-state index is 0.218. The van der Waals surface area contributed by atoms with Gasteiger partial charge in [0, 0.05) is 11.8 Å². The predicted molar refractivity (Wildman–Crippen MR) is 71.5 cm³/mol. The van der Waals surface area contributed by atoms with Crippen molar-refractivity contribution >= 4 is 15.5 Å². The predicted octanol–water partition coefficient (Wildman–Crippen LogP) is 1.94. The van der Waals surface area contributed by atoms with Crippen LogP contribution >= 0.6 is 0 Å². The molecular weight excluding hydrogens is 281 g/mol. The molecule has 0 spiro atoms. The van der Waals surface area contributed by atoms with E-state index < -0.39 is 15.7 Å². The van der Waals surface area contributed by atoms with E-state index in [-0.39, 0.29) is 4.90 Å². The highest BCUT2D eigenvalue weighted by Gasteiger charge is 2.11. The fourth-order valence-corrected chi connectivity index (χ4v) is 2.62. The smallest absolute Gasteiger partial charge is 0.175 e. The van der Waals surface area contributed by atoms with E-state index in [4.69, 9.17) is 0 Å². The first-order valence-electron chi connectivity index (χ1n) is 5.74. The molecule has 20 heavy (non-hydrogen) atoms. The Morgan fingerprint density at radius 1 is 1.20 bits per heavy atom. The first-order chi connectivity index (χ1) is 9.45. The third kappa shape index (κ3) is 2.16. The van der Waals surface area contributed by atoms with E-state index in [1.807, 2.05) is 0 Å². The highest BCUT2D eigenvalue weighted by molar-refractivity contribution is 7.90. The van der Waals surface area contributed by atoms with E-state index in [9.17, 15) is 12.8 Å². The summed E-state index contributed by atoms with van der Waals surface area (Å²) in [5, 5.41) is 3.89. The second kappa shape index (κ2) is 4.38. The summed E-state index contributed by atoms with van der Waals surface area (Å²) in [5.41, 5.74) is 1.75. The Balaban J connectivity index is 2.18. The molecule has 0 aliphatic carbocycles. The Labute approximate surface area is 114 Å². The molecule has 0 radical (unpaired) electrons. The van der Waals surface area contributed by atoms with Gasteiger partial charge >= 0.3 is 0 Å². The van der Waals surface area contributed by atoms with Crippen molar-refractivity contribution in [2.75, 3.05) is 6.26 Å². The van der Waals surface area contributed by atoms with Gasteiger partial charge in [0.1, 0.15) is 12.1 Å². The lowest BCUT2D eigenvalue weighted by atomic mass is 10.1. The van der Waals surface area contributed by atoms with Crippen molar-refractivity contribution in [2.24, 2.45) is 0 Å². The zero-order valence-electron chi connectivity index (χ0n) is 10.5. The molecule has 0 amide bonds. The number of pyridine rings is 1. The van der Waals surface area contributed by atoms with E-state index in [1.54, 1.807) is 12.1 Å². The number of fused-ring (bicyclic) bond motifs is 1. The molecule has 0 unspecified atom stereocenters. The number of benzene rings is 1. The molecule has 7 heteroatoms. The van der Waals surface area contributed by atoms with Gasteiger partial charge in [-0.15, -0.1) is 0 Å². The summed E-state index contributed by atoms with van der Waals surface area (Å²) < 4.78 is 37.7. The van der Waals surface area contributed by atoms with Crippen molar-refractivity contribution in [3.8, 4) is 11.1 Å². The van der Waals surface area contributed by atoms with Gasteiger partial charge in [0.2, 0.25) is 0 Å². The molecule has 3 aromatic rings. The maximum absolute atomic E-state index is 13.5. The van der Waals surface area contributed by atoms with Gasteiger partial charge in [-0.1, -0.05) is 12.1 Å². The first-order valence-corrected chi connectivity index (χ1v) is 7.64. The molecule has 0 N–H and O–H groups in total. The third-order valence-corrected chi connectivity index (χ3v) is 4.06. The molecule has 3 rings (SSSR count). The number of hydrogen-bond acceptors (Lipinski definition) is 4. The minimum atomic E-state index is -3.25. The SMILES string of the molecule is CS(=O)(=O)c1ccc(-c2cc(F)cn3ncnc23)cc1. The second-order valence-electron chi connectivity index (χ2n) is 4.40. The third-order valence-electron chi connectivity index (χ3n) is 2.94. The molecule has 0 fully saturated rings. The largest absolute Gasteiger partial charge is 0.224 e. The van der Waals surface area contributed by atoms with E-state index in [2.05, 4.69) is 10.1 Å². The number of rotatable bonds is 2. The second-order valence-corrected chi connectivity index (χ2v) is 6.41. The Kier molecular flexibility index (Phi) is 2.79. The summed E-state index contributed by atoms with van der Waals surface area (Å²) in [4.78, 5) is 4.29. The summed E-state index contributed by atoms with van der Waals surface area (Å²) >= 11 is 0. The number of hydrogen-bond donors (Lipinski definition) is 0. The molecular formula is C13H10FN3O2S. The first kappa shape index (κ1) is 12.7. The van der Waals surface area contributed by atoms with E-state index >= 15 is 0 Å².